The molecule has 1 rings (SSSR count). The predicted octanol–water partition coefficient (Wildman–Crippen LogP) is 3.78. The Kier molecular flexibility index (Phi) is 13.7. The molecular formula is C18H34IN5. The molecule has 24 heavy (non-hydrogen) atoms. The van der Waals surface area contributed by atoms with Gasteiger partial charge in [-0.15, -0.1) is 30.6 Å². The molecule has 1 N–H and O–H groups in total. The van der Waals surface area contributed by atoms with Gasteiger partial charge in [-0.25, -0.2) is 0 Å². The van der Waals surface area contributed by atoms with Crippen molar-refractivity contribution in [3.63, 3.8) is 0 Å². The van der Waals surface area contributed by atoms with Crippen LogP contribution in [0.3, 0.4) is 0 Å². The molecule has 1 unspecified atom stereocenters. The minimum Gasteiger partial charge on any atom is -0.357 e. The van der Waals surface area contributed by atoms with E-state index in [0.717, 1.165) is 38.6 Å². The zero-order valence-electron chi connectivity index (χ0n) is 15.4. The summed E-state index contributed by atoms with van der Waals surface area (Å²) in [6.07, 6.45) is 10.6. The summed E-state index contributed by atoms with van der Waals surface area (Å²) in [5, 5.41) is 7.64. The zero-order valence-corrected chi connectivity index (χ0v) is 17.8. The van der Waals surface area contributed by atoms with Crippen molar-refractivity contribution in [3.8, 4) is 0 Å². The third-order valence-corrected chi connectivity index (χ3v) is 3.71. The van der Waals surface area contributed by atoms with E-state index in [2.05, 4.69) is 42.8 Å². The number of unbranched alkanes of at least 4 members (excludes halogenated alkanes) is 3. The minimum absolute atomic E-state index is 0. The largest absolute Gasteiger partial charge is 0.357 e. The number of aromatic nitrogens is 2. The topological polar surface area (TPSA) is 45.5 Å². The van der Waals surface area contributed by atoms with E-state index in [1.54, 1.807) is 0 Å². The van der Waals surface area contributed by atoms with Gasteiger partial charge in [0.2, 0.25) is 0 Å². The minimum atomic E-state index is 0. The van der Waals surface area contributed by atoms with E-state index in [1.165, 1.54) is 19.3 Å². The van der Waals surface area contributed by atoms with Gasteiger partial charge in [-0.05, 0) is 38.2 Å². The molecule has 0 saturated carbocycles. The summed E-state index contributed by atoms with van der Waals surface area (Å²) in [4.78, 5) is 7.02. The van der Waals surface area contributed by atoms with Crippen molar-refractivity contribution in [1.82, 2.24) is 20.0 Å². The van der Waals surface area contributed by atoms with Crippen molar-refractivity contribution in [1.29, 1.82) is 0 Å². The first-order valence-corrected chi connectivity index (χ1v) is 8.75. The van der Waals surface area contributed by atoms with E-state index in [4.69, 9.17) is 4.99 Å². The Morgan fingerprint density at radius 1 is 1.42 bits per heavy atom. The maximum Gasteiger partial charge on any atom is 0.193 e. The number of nitrogens with one attached hydrogen (secondary N) is 1. The molecule has 6 heteroatoms. The highest BCUT2D eigenvalue weighted by Gasteiger charge is 2.07. The van der Waals surface area contributed by atoms with E-state index >= 15 is 0 Å². The van der Waals surface area contributed by atoms with Crippen LogP contribution in [0, 0.1) is 5.92 Å². The molecule has 0 radical (unpaired) electrons. The first-order chi connectivity index (χ1) is 11.2. The van der Waals surface area contributed by atoms with Gasteiger partial charge in [-0.3, -0.25) is 9.67 Å². The van der Waals surface area contributed by atoms with Crippen LogP contribution in [0.1, 0.15) is 39.5 Å². The highest BCUT2D eigenvalue weighted by molar-refractivity contribution is 14.0. The van der Waals surface area contributed by atoms with Gasteiger partial charge in [0, 0.05) is 45.6 Å². The van der Waals surface area contributed by atoms with Crippen molar-refractivity contribution >= 4 is 29.9 Å². The van der Waals surface area contributed by atoms with Gasteiger partial charge in [-0.1, -0.05) is 19.4 Å². The second kappa shape index (κ2) is 14.3. The fraction of sp³-hybridized carbons (Fsp3) is 0.667. The number of nitrogens with zero attached hydrogens (tertiary/aromatic N) is 4. The number of allylic oxidation sites excluding steroid dienone is 1. The molecule has 1 aromatic heterocycles. The maximum absolute atomic E-state index is 4.78. The van der Waals surface area contributed by atoms with Gasteiger partial charge in [-0.2, -0.15) is 5.10 Å². The van der Waals surface area contributed by atoms with Crippen LogP contribution >= 0.6 is 24.0 Å². The van der Waals surface area contributed by atoms with Crippen molar-refractivity contribution in [2.45, 2.75) is 46.1 Å². The molecule has 0 bridgehead atoms. The van der Waals surface area contributed by atoms with Crippen LogP contribution in [0.2, 0.25) is 0 Å². The molecule has 0 fully saturated rings. The number of aliphatic imine (C=N–C) groups is 1. The average molecular weight is 447 g/mol. The van der Waals surface area contributed by atoms with Crippen LogP contribution < -0.4 is 5.32 Å². The van der Waals surface area contributed by atoms with Crippen molar-refractivity contribution in [2.24, 2.45) is 10.9 Å². The summed E-state index contributed by atoms with van der Waals surface area (Å²) in [6.45, 7) is 11.7. The normalized spacial score (nSPS) is 12.4. The van der Waals surface area contributed by atoms with Gasteiger partial charge in [0.05, 0.1) is 0 Å². The SMILES string of the molecule is C=CCCCCCN(C)C(=NCC(C)Cn1cccn1)NCC.I. The summed E-state index contributed by atoms with van der Waals surface area (Å²) in [6, 6.07) is 1.96. The van der Waals surface area contributed by atoms with Gasteiger partial charge in [0.1, 0.15) is 0 Å². The highest BCUT2D eigenvalue weighted by Crippen LogP contribution is 2.03. The molecule has 0 saturated heterocycles. The number of hydrogen-bond acceptors (Lipinski definition) is 2. The quantitative estimate of drug-likeness (QED) is 0.185. The molecule has 0 spiro atoms. The van der Waals surface area contributed by atoms with Crippen LogP contribution in [-0.2, 0) is 6.54 Å². The Hall–Kier alpha value is -1.05. The first kappa shape index (κ1) is 22.9. The van der Waals surface area contributed by atoms with Gasteiger partial charge < -0.3 is 10.2 Å². The molecule has 0 amide bonds. The third kappa shape index (κ3) is 9.95. The van der Waals surface area contributed by atoms with E-state index in [9.17, 15) is 0 Å². The lowest BCUT2D eigenvalue weighted by Gasteiger charge is -2.22. The molecule has 0 aliphatic rings. The van der Waals surface area contributed by atoms with Crippen LogP contribution in [-0.4, -0.2) is 47.3 Å². The highest BCUT2D eigenvalue weighted by atomic mass is 127. The van der Waals surface area contributed by atoms with Crippen molar-refractivity contribution < 1.29 is 0 Å². The summed E-state index contributed by atoms with van der Waals surface area (Å²) in [5.74, 6) is 1.47. The maximum atomic E-state index is 4.78. The number of hydrogen-bond donors (Lipinski definition) is 1. The average Bonchev–Trinajstić information content (AvgIpc) is 3.03. The molecule has 1 atom stereocenters. The smallest absolute Gasteiger partial charge is 0.193 e. The molecule has 5 nitrogen and oxygen atoms in total. The second-order valence-electron chi connectivity index (χ2n) is 6.09. The summed E-state index contributed by atoms with van der Waals surface area (Å²) < 4.78 is 1.97. The summed E-state index contributed by atoms with van der Waals surface area (Å²) in [7, 11) is 2.12. The van der Waals surface area contributed by atoms with Gasteiger partial charge in [0.25, 0.3) is 0 Å². The van der Waals surface area contributed by atoms with E-state index < -0.39 is 0 Å². The molecule has 1 aromatic rings. The Balaban J connectivity index is 0.00000529. The molecule has 138 valence electrons. The van der Waals surface area contributed by atoms with Gasteiger partial charge >= 0.3 is 0 Å². The lowest BCUT2D eigenvalue weighted by Crippen LogP contribution is -2.39. The van der Waals surface area contributed by atoms with Crippen LogP contribution in [0.5, 0.6) is 0 Å². The van der Waals surface area contributed by atoms with Crippen LogP contribution in [0.25, 0.3) is 0 Å². The third-order valence-electron chi connectivity index (χ3n) is 3.71. The Morgan fingerprint density at radius 2 is 2.21 bits per heavy atom. The first-order valence-electron chi connectivity index (χ1n) is 8.75. The van der Waals surface area contributed by atoms with Crippen LogP contribution in [0.15, 0.2) is 36.1 Å². The fourth-order valence-corrected chi connectivity index (χ4v) is 2.42. The lowest BCUT2D eigenvalue weighted by molar-refractivity contribution is 0.437. The number of rotatable bonds is 11. The van der Waals surface area contributed by atoms with Crippen molar-refractivity contribution in [2.75, 3.05) is 26.7 Å². The number of halogens is 1. The number of guanidine groups is 1. The Morgan fingerprint density at radius 3 is 2.83 bits per heavy atom. The summed E-state index contributed by atoms with van der Waals surface area (Å²) in [5.41, 5.74) is 0. The molecule has 0 aliphatic carbocycles. The zero-order chi connectivity index (χ0) is 16.9. The molecular weight excluding hydrogens is 413 g/mol. The second-order valence-corrected chi connectivity index (χ2v) is 6.09. The van der Waals surface area contributed by atoms with Gasteiger partial charge in [0.15, 0.2) is 5.96 Å². The lowest BCUT2D eigenvalue weighted by atomic mass is 10.2. The predicted molar refractivity (Wildman–Crippen MR) is 114 cm³/mol. The summed E-state index contributed by atoms with van der Waals surface area (Å²) >= 11 is 0. The Bertz CT molecular complexity index is 444. The molecule has 0 aromatic carbocycles. The Labute approximate surface area is 164 Å². The van der Waals surface area contributed by atoms with E-state index in [0.29, 0.717) is 5.92 Å². The van der Waals surface area contributed by atoms with E-state index in [1.807, 2.05) is 29.2 Å². The standard InChI is InChI=1S/C18H33N5.HI/c1-5-7-8-9-10-13-22(4)18(19-6-2)20-15-17(3)16-23-14-11-12-21-23;/h5,11-12,14,17H,1,6-10,13,15-16H2,2-4H3,(H,19,20);1H. The van der Waals surface area contributed by atoms with E-state index in [-0.39, 0.29) is 24.0 Å². The fourth-order valence-electron chi connectivity index (χ4n) is 2.42. The van der Waals surface area contributed by atoms with Crippen molar-refractivity contribution in [3.05, 3.63) is 31.1 Å². The van der Waals surface area contributed by atoms with Crippen LogP contribution in [0.4, 0.5) is 0 Å². The molecule has 1 heterocycles. The molecule has 0 aliphatic heterocycles. The monoisotopic (exact) mass is 447 g/mol.